The van der Waals surface area contributed by atoms with Crippen LogP contribution in [0.5, 0.6) is 0 Å². The van der Waals surface area contributed by atoms with Crippen molar-refractivity contribution < 1.29 is 0 Å². The standard InChI is InChI=1S/C8H11N3/c1-6-3-7(4-9)8(10-2)11-5-6/h3-5,9H,1-2H3,(H,10,11). The fourth-order valence-electron chi connectivity index (χ4n) is 0.911. The molecule has 0 saturated carbocycles. The van der Waals surface area contributed by atoms with Crippen LogP contribution in [0, 0.1) is 12.3 Å². The number of rotatable bonds is 2. The molecular formula is C8H11N3. The molecule has 11 heavy (non-hydrogen) atoms. The van der Waals surface area contributed by atoms with Crippen molar-refractivity contribution >= 4 is 12.0 Å². The van der Waals surface area contributed by atoms with Gasteiger partial charge in [-0.2, -0.15) is 0 Å². The number of nitrogens with zero attached hydrogens (tertiary/aromatic N) is 1. The van der Waals surface area contributed by atoms with E-state index in [-0.39, 0.29) is 0 Å². The normalized spacial score (nSPS) is 9.27. The van der Waals surface area contributed by atoms with E-state index in [4.69, 9.17) is 5.41 Å². The second-order valence-corrected chi connectivity index (χ2v) is 2.34. The topological polar surface area (TPSA) is 48.8 Å². The molecule has 0 amide bonds. The third kappa shape index (κ3) is 1.55. The summed E-state index contributed by atoms with van der Waals surface area (Å²) < 4.78 is 0. The van der Waals surface area contributed by atoms with Gasteiger partial charge in [0.15, 0.2) is 0 Å². The fourth-order valence-corrected chi connectivity index (χ4v) is 0.911. The third-order valence-electron chi connectivity index (χ3n) is 1.45. The lowest BCUT2D eigenvalue weighted by molar-refractivity contribution is 1.23. The number of aromatic nitrogens is 1. The zero-order valence-corrected chi connectivity index (χ0v) is 6.68. The monoisotopic (exact) mass is 149 g/mol. The molecule has 2 N–H and O–H groups in total. The van der Waals surface area contributed by atoms with Gasteiger partial charge in [-0.1, -0.05) is 0 Å². The summed E-state index contributed by atoms with van der Waals surface area (Å²) in [5, 5.41) is 9.99. The zero-order chi connectivity index (χ0) is 8.27. The van der Waals surface area contributed by atoms with E-state index < -0.39 is 0 Å². The van der Waals surface area contributed by atoms with Crippen LogP contribution in [0.3, 0.4) is 0 Å². The first kappa shape index (κ1) is 7.72. The van der Waals surface area contributed by atoms with Gasteiger partial charge in [0.05, 0.1) is 0 Å². The van der Waals surface area contributed by atoms with Gasteiger partial charge in [0.25, 0.3) is 0 Å². The van der Waals surface area contributed by atoms with E-state index in [1.54, 1.807) is 13.2 Å². The average molecular weight is 149 g/mol. The highest BCUT2D eigenvalue weighted by Crippen LogP contribution is 2.09. The van der Waals surface area contributed by atoms with E-state index in [1.165, 1.54) is 6.21 Å². The molecule has 0 aliphatic rings. The largest absolute Gasteiger partial charge is 0.373 e. The molecule has 0 aromatic carbocycles. The van der Waals surface area contributed by atoms with Crippen molar-refractivity contribution in [2.24, 2.45) is 0 Å². The van der Waals surface area contributed by atoms with Gasteiger partial charge < -0.3 is 10.7 Å². The van der Waals surface area contributed by atoms with Crippen molar-refractivity contribution in [1.29, 1.82) is 5.41 Å². The summed E-state index contributed by atoms with van der Waals surface area (Å²) in [4.78, 5) is 4.11. The van der Waals surface area contributed by atoms with Crippen LogP contribution in [0.25, 0.3) is 0 Å². The Morgan fingerprint density at radius 3 is 2.91 bits per heavy atom. The number of hydrogen-bond donors (Lipinski definition) is 2. The zero-order valence-electron chi connectivity index (χ0n) is 6.68. The fraction of sp³-hybridized carbons (Fsp3) is 0.250. The molecule has 0 spiro atoms. The second kappa shape index (κ2) is 3.14. The predicted molar refractivity (Wildman–Crippen MR) is 46.4 cm³/mol. The van der Waals surface area contributed by atoms with Crippen LogP contribution in [0.2, 0.25) is 0 Å². The van der Waals surface area contributed by atoms with Gasteiger partial charge in [-0.05, 0) is 18.6 Å². The van der Waals surface area contributed by atoms with Crippen molar-refractivity contribution in [3.05, 3.63) is 23.4 Å². The van der Waals surface area contributed by atoms with E-state index in [1.807, 2.05) is 13.0 Å². The van der Waals surface area contributed by atoms with Gasteiger partial charge in [-0.3, -0.25) is 0 Å². The summed E-state index contributed by atoms with van der Waals surface area (Å²) in [5.41, 5.74) is 1.90. The van der Waals surface area contributed by atoms with Crippen LogP contribution < -0.4 is 5.32 Å². The molecular weight excluding hydrogens is 138 g/mol. The molecule has 1 aromatic rings. The highest BCUT2D eigenvalue weighted by atomic mass is 15.0. The van der Waals surface area contributed by atoms with Crippen LogP contribution in [-0.2, 0) is 0 Å². The molecule has 0 saturated heterocycles. The van der Waals surface area contributed by atoms with Gasteiger partial charge in [0.1, 0.15) is 5.82 Å². The Morgan fingerprint density at radius 2 is 2.36 bits per heavy atom. The maximum Gasteiger partial charge on any atom is 0.134 e. The Balaban J connectivity index is 3.16. The first-order valence-corrected chi connectivity index (χ1v) is 3.43. The van der Waals surface area contributed by atoms with Crippen LogP contribution in [0.1, 0.15) is 11.1 Å². The molecule has 0 aliphatic carbocycles. The van der Waals surface area contributed by atoms with Crippen molar-refractivity contribution in [1.82, 2.24) is 4.98 Å². The lowest BCUT2D eigenvalue weighted by Crippen LogP contribution is -1.97. The Hall–Kier alpha value is -1.38. The van der Waals surface area contributed by atoms with E-state index in [0.29, 0.717) is 0 Å². The Morgan fingerprint density at radius 1 is 1.64 bits per heavy atom. The molecule has 1 heterocycles. The maximum atomic E-state index is 7.08. The number of aryl methyl sites for hydroxylation is 1. The smallest absolute Gasteiger partial charge is 0.134 e. The molecule has 3 nitrogen and oxygen atoms in total. The predicted octanol–water partition coefficient (Wildman–Crippen LogP) is 1.43. The number of hydrogen-bond acceptors (Lipinski definition) is 3. The molecule has 0 unspecified atom stereocenters. The van der Waals surface area contributed by atoms with Crippen LogP contribution in [-0.4, -0.2) is 18.2 Å². The molecule has 0 radical (unpaired) electrons. The number of pyridine rings is 1. The van der Waals surface area contributed by atoms with Gasteiger partial charge in [0, 0.05) is 25.0 Å². The van der Waals surface area contributed by atoms with E-state index in [2.05, 4.69) is 10.3 Å². The summed E-state index contributed by atoms with van der Waals surface area (Å²) in [6.45, 7) is 1.96. The molecule has 3 heteroatoms. The van der Waals surface area contributed by atoms with Crippen molar-refractivity contribution in [3.63, 3.8) is 0 Å². The Labute approximate surface area is 66.0 Å². The van der Waals surface area contributed by atoms with E-state index >= 15 is 0 Å². The molecule has 1 aromatic heterocycles. The minimum atomic E-state index is 0.755. The molecule has 0 atom stereocenters. The van der Waals surface area contributed by atoms with Crippen LogP contribution in [0.15, 0.2) is 12.3 Å². The minimum Gasteiger partial charge on any atom is -0.373 e. The Kier molecular flexibility index (Phi) is 2.21. The maximum absolute atomic E-state index is 7.08. The molecule has 58 valence electrons. The first-order chi connectivity index (χ1) is 5.27. The van der Waals surface area contributed by atoms with Crippen molar-refractivity contribution in [2.45, 2.75) is 6.92 Å². The van der Waals surface area contributed by atoms with E-state index in [9.17, 15) is 0 Å². The second-order valence-electron chi connectivity index (χ2n) is 2.34. The number of nitrogens with one attached hydrogen (secondary N) is 2. The summed E-state index contributed by atoms with van der Waals surface area (Å²) in [6, 6.07) is 1.92. The summed E-state index contributed by atoms with van der Waals surface area (Å²) in [7, 11) is 1.80. The summed E-state index contributed by atoms with van der Waals surface area (Å²) in [5.74, 6) is 0.755. The highest BCUT2D eigenvalue weighted by molar-refractivity contribution is 5.84. The lowest BCUT2D eigenvalue weighted by Gasteiger charge is -2.02. The molecule has 1 rings (SSSR count). The highest BCUT2D eigenvalue weighted by Gasteiger charge is 1.97. The summed E-state index contributed by atoms with van der Waals surface area (Å²) in [6.07, 6.45) is 3.07. The molecule has 0 aliphatic heterocycles. The quantitative estimate of drug-likeness (QED) is 0.625. The van der Waals surface area contributed by atoms with E-state index in [0.717, 1.165) is 16.9 Å². The van der Waals surface area contributed by atoms with Gasteiger partial charge >= 0.3 is 0 Å². The van der Waals surface area contributed by atoms with Crippen LogP contribution in [0.4, 0.5) is 5.82 Å². The minimum absolute atomic E-state index is 0.755. The summed E-state index contributed by atoms with van der Waals surface area (Å²) >= 11 is 0. The van der Waals surface area contributed by atoms with Crippen molar-refractivity contribution in [2.75, 3.05) is 12.4 Å². The van der Waals surface area contributed by atoms with Gasteiger partial charge in [-0.25, -0.2) is 4.98 Å². The lowest BCUT2D eigenvalue weighted by atomic mass is 10.2. The SMILES string of the molecule is CNc1ncc(C)cc1C=N. The average Bonchev–Trinajstić information content (AvgIpc) is 2.04. The van der Waals surface area contributed by atoms with Gasteiger partial charge in [0.2, 0.25) is 0 Å². The van der Waals surface area contributed by atoms with Gasteiger partial charge in [-0.15, -0.1) is 0 Å². The number of anilines is 1. The first-order valence-electron chi connectivity index (χ1n) is 3.43. The van der Waals surface area contributed by atoms with Crippen molar-refractivity contribution in [3.8, 4) is 0 Å². The van der Waals surface area contributed by atoms with Crippen LogP contribution >= 0.6 is 0 Å². The molecule has 0 bridgehead atoms. The molecule has 0 fully saturated rings. The Bertz CT molecular complexity index is 268. The third-order valence-corrected chi connectivity index (χ3v) is 1.45.